The van der Waals surface area contributed by atoms with E-state index < -0.39 is 0 Å². The fourth-order valence-electron chi connectivity index (χ4n) is 2.63. The van der Waals surface area contributed by atoms with Crippen molar-refractivity contribution in [3.63, 3.8) is 0 Å². The van der Waals surface area contributed by atoms with Gasteiger partial charge in [0.15, 0.2) is 0 Å². The lowest BCUT2D eigenvalue weighted by molar-refractivity contribution is 0.557. The van der Waals surface area contributed by atoms with Gasteiger partial charge >= 0.3 is 0 Å². The van der Waals surface area contributed by atoms with E-state index in [0.29, 0.717) is 0 Å². The third-order valence-electron chi connectivity index (χ3n) is 3.66. The number of rotatable bonds is 2. The summed E-state index contributed by atoms with van der Waals surface area (Å²) in [6.45, 7) is 4.12. The highest BCUT2D eigenvalue weighted by molar-refractivity contribution is 5.89. The van der Waals surface area contributed by atoms with E-state index in [1.54, 1.807) is 0 Å². The maximum Gasteiger partial charge on any atom is 0.0358 e. The van der Waals surface area contributed by atoms with Crippen molar-refractivity contribution in [2.45, 2.75) is 19.4 Å². The van der Waals surface area contributed by atoms with Crippen LogP contribution in [0.15, 0.2) is 66.7 Å². The Bertz CT molecular complexity index is 737. The van der Waals surface area contributed by atoms with Crippen LogP contribution < -0.4 is 5.73 Å². The lowest BCUT2D eigenvalue weighted by Gasteiger charge is -2.24. The molecule has 0 unspecified atom stereocenters. The molecule has 0 aliphatic heterocycles. The molecule has 1 heteroatoms. The third-order valence-corrected chi connectivity index (χ3v) is 3.66. The molecule has 0 aromatic heterocycles. The van der Waals surface area contributed by atoms with Crippen molar-refractivity contribution in [3.8, 4) is 11.1 Å². The Morgan fingerprint density at radius 1 is 0.750 bits per heavy atom. The van der Waals surface area contributed by atoms with Crippen LogP contribution in [0.5, 0.6) is 0 Å². The number of hydrogen-bond donors (Lipinski definition) is 1. The summed E-state index contributed by atoms with van der Waals surface area (Å²) in [7, 11) is 0. The molecular weight excluding hydrogens is 242 g/mol. The van der Waals surface area contributed by atoms with Gasteiger partial charge in [-0.05, 0) is 53.4 Å². The SMILES string of the molecule is CC(C)(N)c1cc2ccccc2cc1-c1ccccc1. The zero-order valence-electron chi connectivity index (χ0n) is 11.9. The van der Waals surface area contributed by atoms with Gasteiger partial charge in [0.2, 0.25) is 0 Å². The Morgan fingerprint density at radius 2 is 1.30 bits per heavy atom. The molecule has 2 N–H and O–H groups in total. The highest BCUT2D eigenvalue weighted by Crippen LogP contribution is 2.33. The molecule has 0 saturated heterocycles. The first kappa shape index (κ1) is 12.9. The van der Waals surface area contributed by atoms with Gasteiger partial charge in [0.1, 0.15) is 0 Å². The maximum atomic E-state index is 6.39. The molecule has 0 amide bonds. The van der Waals surface area contributed by atoms with Crippen LogP contribution in [0.3, 0.4) is 0 Å². The van der Waals surface area contributed by atoms with Gasteiger partial charge in [-0.15, -0.1) is 0 Å². The molecule has 0 spiro atoms. The summed E-state index contributed by atoms with van der Waals surface area (Å²) in [4.78, 5) is 0. The summed E-state index contributed by atoms with van der Waals surface area (Å²) in [5.41, 5.74) is 9.64. The van der Waals surface area contributed by atoms with Crippen molar-refractivity contribution >= 4 is 10.8 Å². The summed E-state index contributed by atoms with van der Waals surface area (Å²) < 4.78 is 0. The Labute approximate surface area is 120 Å². The molecule has 0 heterocycles. The van der Waals surface area contributed by atoms with Crippen LogP contribution >= 0.6 is 0 Å². The summed E-state index contributed by atoms with van der Waals surface area (Å²) in [6, 6.07) is 23.3. The topological polar surface area (TPSA) is 26.0 Å². The predicted octanol–water partition coefficient (Wildman–Crippen LogP) is 4.70. The first-order valence-electron chi connectivity index (χ1n) is 6.93. The zero-order valence-corrected chi connectivity index (χ0v) is 11.9. The van der Waals surface area contributed by atoms with Crippen LogP contribution in [0.4, 0.5) is 0 Å². The molecule has 0 radical (unpaired) electrons. The third kappa shape index (κ3) is 2.33. The average molecular weight is 261 g/mol. The van der Waals surface area contributed by atoms with E-state index in [9.17, 15) is 0 Å². The van der Waals surface area contributed by atoms with Gasteiger partial charge in [0.05, 0.1) is 0 Å². The van der Waals surface area contributed by atoms with Crippen LogP contribution in [0.25, 0.3) is 21.9 Å². The summed E-state index contributed by atoms with van der Waals surface area (Å²) in [5, 5.41) is 2.49. The highest BCUT2D eigenvalue weighted by Gasteiger charge is 2.19. The van der Waals surface area contributed by atoms with Crippen LogP contribution in [0, 0.1) is 0 Å². The fourth-order valence-corrected chi connectivity index (χ4v) is 2.63. The Balaban J connectivity index is 2.33. The fraction of sp³-hybridized carbons (Fsp3) is 0.158. The summed E-state index contributed by atoms with van der Waals surface area (Å²) in [6.07, 6.45) is 0. The van der Waals surface area contributed by atoms with Gasteiger partial charge in [-0.2, -0.15) is 0 Å². The molecule has 3 aromatic rings. The maximum absolute atomic E-state index is 6.39. The monoisotopic (exact) mass is 261 g/mol. The van der Waals surface area contributed by atoms with Crippen molar-refractivity contribution in [2.75, 3.05) is 0 Å². The van der Waals surface area contributed by atoms with Gasteiger partial charge in [0, 0.05) is 5.54 Å². The van der Waals surface area contributed by atoms with Gasteiger partial charge in [-0.1, -0.05) is 54.6 Å². The van der Waals surface area contributed by atoms with Gasteiger partial charge in [0.25, 0.3) is 0 Å². The first-order chi connectivity index (χ1) is 9.55. The zero-order chi connectivity index (χ0) is 14.2. The van der Waals surface area contributed by atoms with Gasteiger partial charge in [-0.3, -0.25) is 0 Å². The van der Waals surface area contributed by atoms with E-state index in [0.717, 1.165) is 0 Å². The van der Waals surface area contributed by atoms with Crippen LogP contribution in [-0.4, -0.2) is 0 Å². The average Bonchev–Trinajstić information content (AvgIpc) is 2.46. The van der Waals surface area contributed by atoms with Crippen molar-refractivity contribution in [1.82, 2.24) is 0 Å². The number of nitrogens with two attached hydrogens (primary N) is 1. The van der Waals surface area contributed by atoms with Crippen molar-refractivity contribution < 1.29 is 0 Å². The Hall–Kier alpha value is -2.12. The molecule has 0 aliphatic carbocycles. The molecule has 0 fully saturated rings. The molecule has 0 atom stereocenters. The molecule has 0 aliphatic rings. The number of benzene rings is 3. The van der Waals surface area contributed by atoms with Gasteiger partial charge < -0.3 is 5.73 Å². The van der Waals surface area contributed by atoms with Crippen LogP contribution in [0.1, 0.15) is 19.4 Å². The molecule has 3 aromatic carbocycles. The van der Waals surface area contributed by atoms with Crippen molar-refractivity contribution in [2.24, 2.45) is 5.73 Å². The second kappa shape index (κ2) is 4.77. The van der Waals surface area contributed by atoms with Crippen molar-refractivity contribution in [3.05, 3.63) is 72.3 Å². The predicted molar refractivity (Wildman–Crippen MR) is 86.6 cm³/mol. The standard InChI is InChI=1S/C19H19N/c1-19(2,20)18-13-16-11-7-6-10-15(16)12-17(18)14-8-4-3-5-9-14/h3-13H,20H2,1-2H3. The first-order valence-corrected chi connectivity index (χ1v) is 6.93. The Kier molecular flexibility index (Phi) is 3.07. The molecule has 20 heavy (non-hydrogen) atoms. The minimum Gasteiger partial charge on any atom is -0.322 e. The minimum absolute atomic E-state index is 0.366. The second-order valence-corrected chi connectivity index (χ2v) is 5.83. The molecule has 100 valence electrons. The van der Waals surface area contributed by atoms with Crippen LogP contribution in [-0.2, 0) is 5.54 Å². The molecular formula is C19H19N. The molecule has 0 saturated carbocycles. The second-order valence-electron chi connectivity index (χ2n) is 5.83. The summed E-state index contributed by atoms with van der Waals surface area (Å²) in [5.74, 6) is 0. The van der Waals surface area contributed by atoms with Gasteiger partial charge in [-0.25, -0.2) is 0 Å². The van der Waals surface area contributed by atoms with Crippen LogP contribution in [0.2, 0.25) is 0 Å². The largest absolute Gasteiger partial charge is 0.322 e. The molecule has 3 rings (SSSR count). The molecule has 0 bridgehead atoms. The number of fused-ring (bicyclic) bond motifs is 1. The van der Waals surface area contributed by atoms with E-state index in [4.69, 9.17) is 5.73 Å². The quantitative estimate of drug-likeness (QED) is 0.711. The van der Waals surface area contributed by atoms with E-state index in [-0.39, 0.29) is 5.54 Å². The normalized spacial score (nSPS) is 11.8. The van der Waals surface area contributed by atoms with E-state index in [2.05, 4.69) is 74.5 Å². The highest BCUT2D eigenvalue weighted by atomic mass is 14.7. The van der Waals surface area contributed by atoms with E-state index in [1.807, 2.05) is 6.07 Å². The number of hydrogen-bond acceptors (Lipinski definition) is 1. The minimum atomic E-state index is -0.366. The van der Waals surface area contributed by atoms with E-state index >= 15 is 0 Å². The van der Waals surface area contributed by atoms with Crippen molar-refractivity contribution in [1.29, 1.82) is 0 Å². The Morgan fingerprint density at radius 3 is 1.90 bits per heavy atom. The lowest BCUT2D eigenvalue weighted by atomic mass is 9.86. The molecule has 1 nitrogen and oxygen atoms in total. The smallest absolute Gasteiger partial charge is 0.0358 e. The van der Waals surface area contributed by atoms with E-state index in [1.165, 1.54) is 27.5 Å². The summed E-state index contributed by atoms with van der Waals surface area (Å²) >= 11 is 0. The lowest BCUT2D eigenvalue weighted by Crippen LogP contribution is -2.29.